The second-order valence-electron chi connectivity index (χ2n) is 13.2. The fourth-order valence-corrected chi connectivity index (χ4v) is 7.78. The average Bonchev–Trinajstić information content (AvgIpc) is 3.17. The fraction of sp³-hybridized carbons (Fsp3) is 0.600. The summed E-state index contributed by atoms with van der Waals surface area (Å²) in [6.45, 7) is 8.53. The molecule has 0 aliphatic heterocycles. The summed E-state index contributed by atoms with van der Waals surface area (Å²) in [6.07, 6.45) is 0.815. The van der Waals surface area contributed by atoms with Gasteiger partial charge in [-0.05, 0) is 90.0 Å². The number of benzene rings is 1. The predicted octanol–water partition coefficient (Wildman–Crippen LogP) is 6.12. The Bertz CT molecular complexity index is 1460. The van der Waals surface area contributed by atoms with Crippen molar-refractivity contribution in [3.63, 3.8) is 0 Å². The van der Waals surface area contributed by atoms with Crippen molar-refractivity contribution in [2.75, 3.05) is 0 Å². The number of rotatable bonds is 8. The quantitative estimate of drug-likeness (QED) is 0.332. The monoisotopic (exact) mass is 611 g/mol. The third kappa shape index (κ3) is 6.85. The van der Waals surface area contributed by atoms with Crippen molar-refractivity contribution in [1.82, 2.24) is 14.6 Å². The lowest BCUT2D eigenvalue weighted by atomic mass is 9.67. The predicted molar refractivity (Wildman–Crippen MR) is 152 cm³/mol. The van der Waals surface area contributed by atoms with Gasteiger partial charge in [-0.15, -0.1) is 0 Å². The number of nitrogens with zero attached hydrogens (tertiary/aromatic N) is 1. The Morgan fingerprint density at radius 2 is 1.69 bits per heavy atom. The van der Waals surface area contributed by atoms with Gasteiger partial charge in [0.05, 0.1) is 21.4 Å². The number of nitrogens with one attached hydrogen (secondary N) is 2. The molecule has 3 N–H and O–H groups in total. The molecule has 232 valence electrons. The van der Waals surface area contributed by atoms with E-state index >= 15 is 0 Å². The number of aliphatic carboxylic acids is 1. The van der Waals surface area contributed by atoms with Gasteiger partial charge in [-0.1, -0.05) is 25.3 Å². The first kappa shape index (κ1) is 32.1. The maximum absolute atomic E-state index is 14.3. The molecule has 8 nitrogen and oxygen atoms in total. The van der Waals surface area contributed by atoms with Crippen molar-refractivity contribution in [2.45, 2.75) is 109 Å². The van der Waals surface area contributed by atoms with Gasteiger partial charge in [-0.2, -0.15) is 13.2 Å². The molecule has 1 heterocycles. The highest BCUT2D eigenvalue weighted by atomic mass is 32.2. The highest BCUT2D eigenvalue weighted by molar-refractivity contribution is 7.89. The summed E-state index contributed by atoms with van der Waals surface area (Å²) in [5.74, 6) is -1.05. The minimum atomic E-state index is -4.95. The van der Waals surface area contributed by atoms with Crippen LogP contribution in [0.4, 0.5) is 13.2 Å². The molecular formula is C30H40F3N3O5S. The Labute approximate surface area is 245 Å². The standard InChI is InChI=1S/C30H40F3N3O5S/c1-18-22(26(37)34-21-15-29(5,16-21)27(38)39)14-24(36(18)17-19-9-7-6-8-10-19)20-11-12-25(23(13-20)30(31,32)33)42(40,41)35-28(2,3)4/h11-14,19,21,35H,6-10,15-17H2,1-5H3,(H,34,37)(H,38,39)/t21-,29-. The highest BCUT2D eigenvalue weighted by Crippen LogP contribution is 2.42. The molecule has 1 aromatic heterocycles. The highest BCUT2D eigenvalue weighted by Gasteiger charge is 2.47. The van der Waals surface area contributed by atoms with Crippen molar-refractivity contribution in [2.24, 2.45) is 11.3 Å². The lowest BCUT2D eigenvalue weighted by Crippen LogP contribution is -2.52. The van der Waals surface area contributed by atoms with Crippen LogP contribution in [0.25, 0.3) is 11.3 Å². The van der Waals surface area contributed by atoms with E-state index in [9.17, 15) is 36.3 Å². The topological polar surface area (TPSA) is 118 Å². The van der Waals surface area contributed by atoms with Crippen molar-refractivity contribution in [1.29, 1.82) is 0 Å². The van der Waals surface area contributed by atoms with Gasteiger partial charge < -0.3 is 15.0 Å². The number of aromatic nitrogens is 1. The van der Waals surface area contributed by atoms with Gasteiger partial charge >= 0.3 is 12.1 Å². The number of carboxylic acids is 1. The number of carbonyl (C=O) groups is 2. The summed E-state index contributed by atoms with van der Waals surface area (Å²) >= 11 is 0. The van der Waals surface area contributed by atoms with Crippen molar-refractivity contribution >= 4 is 21.9 Å². The summed E-state index contributed by atoms with van der Waals surface area (Å²) in [7, 11) is -4.49. The molecule has 42 heavy (non-hydrogen) atoms. The lowest BCUT2D eigenvalue weighted by molar-refractivity contribution is -0.154. The maximum atomic E-state index is 14.3. The molecule has 0 spiro atoms. The van der Waals surface area contributed by atoms with E-state index < -0.39 is 49.5 Å². The molecule has 0 radical (unpaired) electrons. The van der Waals surface area contributed by atoms with E-state index in [0.29, 0.717) is 29.4 Å². The summed E-state index contributed by atoms with van der Waals surface area (Å²) in [4.78, 5) is 24.0. The lowest BCUT2D eigenvalue weighted by Gasteiger charge is -2.41. The number of halogens is 3. The minimum Gasteiger partial charge on any atom is -0.481 e. The second kappa shape index (κ2) is 11.3. The molecule has 12 heteroatoms. The van der Waals surface area contributed by atoms with Crippen LogP contribution in [0.1, 0.15) is 94.3 Å². The molecule has 2 aliphatic carbocycles. The Morgan fingerprint density at radius 3 is 2.24 bits per heavy atom. The first-order chi connectivity index (χ1) is 19.3. The number of hydrogen-bond acceptors (Lipinski definition) is 4. The van der Waals surface area contributed by atoms with Crippen LogP contribution in [0.15, 0.2) is 29.2 Å². The van der Waals surface area contributed by atoms with Crippen molar-refractivity contribution < 1.29 is 36.3 Å². The molecule has 4 rings (SSSR count). The van der Waals surface area contributed by atoms with Crippen LogP contribution in [0.5, 0.6) is 0 Å². The van der Waals surface area contributed by atoms with Gasteiger partial charge in [-0.3, -0.25) is 9.59 Å². The van der Waals surface area contributed by atoms with E-state index in [1.807, 2.05) is 4.57 Å². The molecule has 0 unspecified atom stereocenters. The molecule has 2 aromatic rings. The Morgan fingerprint density at radius 1 is 1.07 bits per heavy atom. The zero-order valence-corrected chi connectivity index (χ0v) is 25.5. The maximum Gasteiger partial charge on any atom is 0.417 e. The summed E-state index contributed by atoms with van der Waals surface area (Å²) in [5.41, 5.74) is -1.74. The number of sulfonamides is 1. The first-order valence-corrected chi connectivity index (χ1v) is 15.8. The molecular weight excluding hydrogens is 571 g/mol. The van der Waals surface area contributed by atoms with Crippen molar-refractivity contribution in [3.8, 4) is 11.3 Å². The van der Waals surface area contributed by atoms with E-state index in [1.54, 1.807) is 40.7 Å². The number of alkyl halides is 3. The van der Waals surface area contributed by atoms with E-state index in [4.69, 9.17) is 0 Å². The Balaban J connectivity index is 1.76. The molecule has 2 saturated carbocycles. The number of hydrogen-bond donors (Lipinski definition) is 3. The summed E-state index contributed by atoms with van der Waals surface area (Å²) in [6, 6.07) is 4.40. The van der Waals surface area contributed by atoms with Gasteiger partial charge in [0, 0.05) is 29.5 Å². The van der Waals surface area contributed by atoms with Gasteiger partial charge in [0.25, 0.3) is 5.91 Å². The Kier molecular flexibility index (Phi) is 8.65. The largest absolute Gasteiger partial charge is 0.481 e. The van der Waals surface area contributed by atoms with Crippen LogP contribution < -0.4 is 10.0 Å². The number of amides is 1. The molecule has 1 aromatic carbocycles. The van der Waals surface area contributed by atoms with E-state index in [0.717, 1.165) is 44.2 Å². The van der Waals surface area contributed by atoms with Crippen LogP contribution >= 0.6 is 0 Å². The first-order valence-electron chi connectivity index (χ1n) is 14.3. The zero-order chi connectivity index (χ0) is 31.3. The summed E-state index contributed by atoms with van der Waals surface area (Å²) < 4.78 is 73.0. The third-order valence-corrected chi connectivity index (χ3v) is 10.1. The van der Waals surface area contributed by atoms with Gasteiger partial charge in [0.1, 0.15) is 0 Å². The van der Waals surface area contributed by atoms with Crippen LogP contribution in [-0.4, -0.2) is 41.5 Å². The van der Waals surface area contributed by atoms with E-state index in [1.165, 1.54) is 6.07 Å². The molecule has 0 bridgehead atoms. The molecule has 0 atom stereocenters. The second-order valence-corrected chi connectivity index (χ2v) is 14.8. The molecule has 2 aliphatic rings. The van der Waals surface area contributed by atoms with Crippen LogP contribution in [0.3, 0.4) is 0 Å². The Hall–Kier alpha value is -2.86. The van der Waals surface area contributed by atoms with Crippen molar-refractivity contribution in [3.05, 3.63) is 41.1 Å². The SMILES string of the molecule is Cc1c(C(=O)N[C@H]2C[C@](C)(C(=O)O)C2)cc(-c2ccc(S(=O)(=O)NC(C)(C)C)c(C(F)(F)F)c2)n1CC1CCCCC1. The molecule has 1 amide bonds. The summed E-state index contributed by atoms with van der Waals surface area (Å²) in [5, 5.41) is 12.3. The molecule has 2 fully saturated rings. The normalized spacial score (nSPS) is 22.0. The van der Waals surface area contributed by atoms with E-state index in [2.05, 4.69) is 10.0 Å². The van der Waals surface area contributed by atoms with Crippen LogP contribution in [0.2, 0.25) is 0 Å². The minimum absolute atomic E-state index is 0.150. The van der Waals surface area contributed by atoms with Crippen LogP contribution in [0, 0.1) is 18.3 Å². The number of carboxylic acid groups (broad SMARTS) is 1. The smallest absolute Gasteiger partial charge is 0.417 e. The molecule has 0 saturated heterocycles. The van der Waals surface area contributed by atoms with Gasteiger partial charge in [-0.25, -0.2) is 13.1 Å². The third-order valence-electron chi connectivity index (χ3n) is 8.33. The van der Waals surface area contributed by atoms with Gasteiger partial charge in [0.15, 0.2) is 0 Å². The number of carbonyl (C=O) groups excluding carboxylic acids is 1. The average molecular weight is 612 g/mol. The zero-order valence-electron chi connectivity index (χ0n) is 24.7. The fourth-order valence-electron chi connectivity index (χ4n) is 6.15. The van der Waals surface area contributed by atoms with Crippen LogP contribution in [-0.2, 0) is 27.5 Å². The van der Waals surface area contributed by atoms with Gasteiger partial charge in [0.2, 0.25) is 10.0 Å². The van der Waals surface area contributed by atoms with E-state index in [-0.39, 0.29) is 24.4 Å².